The average Bonchev–Trinajstić information content (AvgIpc) is 2.77. The summed E-state index contributed by atoms with van der Waals surface area (Å²) in [7, 11) is 1.24. The van der Waals surface area contributed by atoms with Crippen LogP contribution in [0, 0.1) is 18.7 Å². The molecule has 0 spiro atoms. The SMILES string of the molecule is COc1c(C(C)C(C)C(O)(C=Nc2cccc3[nH]c(=O)ccc23)C(F)(F)F)ccc(C)c1F. The molecule has 176 valence electrons. The molecule has 0 aliphatic heterocycles. The van der Waals surface area contributed by atoms with Crippen molar-refractivity contribution >= 4 is 22.8 Å². The Hall–Kier alpha value is -3.20. The zero-order chi connectivity index (χ0) is 24.6. The molecule has 0 amide bonds. The Bertz CT molecular complexity index is 1250. The van der Waals surface area contributed by atoms with Crippen molar-refractivity contribution in [2.24, 2.45) is 10.9 Å². The molecule has 3 aromatic rings. The van der Waals surface area contributed by atoms with Gasteiger partial charge in [-0.15, -0.1) is 0 Å². The lowest BCUT2D eigenvalue weighted by Gasteiger charge is -2.36. The highest BCUT2D eigenvalue weighted by molar-refractivity contribution is 5.91. The topological polar surface area (TPSA) is 74.7 Å². The third-order valence-electron chi connectivity index (χ3n) is 6.06. The predicted octanol–water partition coefficient (Wildman–Crippen LogP) is 5.42. The fraction of sp³-hybridized carbons (Fsp3) is 0.333. The van der Waals surface area contributed by atoms with Gasteiger partial charge < -0.3 is 14.8 Å². The fourth-order valence-corrected chi connectivity index (χ4v) is 3.79. The van der Waals surface area contributed by atoms with Gasteiger partial charge in [0, 0.05) is 29.1 Å². The van der Waals surface area contributed by atoms with E-state index >= 15 is 0 Å². The molecule has 1 heterocycles. The maximum Gasteiger partial charge on any atom is 0.422 e. The molecule has 5 nitrogen and oxygen atoms in total. The number of aromatic nitrogens is 1. The summed E-state index contributed by atoms with van der Waals surface area (Å²) in [5.41, 5.74) is -2.66. The van der Waals surface area contributed by atoms with E-state index in [-0.39, 0.29) is 28.1 Å². The summed E-state index contributed by atoms with van der Waals surface area (Å²) in [6, 6.07) is 10.2. The second-order valence-corrected chi connectivity index (χ2v) is 8.04. The Kier molecular flexibility index (Phi) is 6.65. The number of hydrogen-bond acceptors (Lipinski definition) is 4. The molecule has 1 aromatic heterocycles. The standard InChI is InChI=1S/C24H24F4N2O3/c1-13-8-9-16(22(33-4)21(13)25)14(2)15(3)23(32,24(26,27)28)12-29-18-6-5-7-19-17(18)10-11-20(31)30-19/h5-12,14-15,32H,1-4H3,(H,30,31). The second kappa shape index (κ2) is 8.97. The van der Waals surface area contributed by atoms with Crippen molar-refractivity contribution in [2.75, 3.05) is 7.11 Å². The molecule has 33 heavy (non-hydrogen) atoms. The van der Waals surface area contributed by atoms with Crippen molar-refractivity contribution in [3.63, 3.8) is 0 Å². The van der Waals surface area contributed by atoms with Crippen LogP contribution in [-0.4, -0.2) is 35.2 Å². The number of rotatable bonds is 6. The van der Waals surface area contributed by atoms with Crippen LogP contribution in [0.2, 0.25) is 0 Å². The van der Waals surface area contributed by atoms with Crippen molar-refractivity contribution in [1.82, 2.24) is 4.98 Å². The fourth-order valence-electron chi connectivity index (χ4n) is 3.79. The molecule has 0 aliphatic rings. The molecule has 0 fully saturated rings. The lowest BCUT2D eigenvalue weighted by molar-refractivity contribution is -0.246. The lowest BCUT2D eigenvalue weighted by atomic mass is 9.76. The molecule has 3 rings (SSSR count). The van der Waals surface area contributed by atoms with Crippen LogP contribution < -0.4 is 10.3 Å². The minimum atomic E-state index is -5.07. The van der Waals surface area contributed by atoms with Gasteiger partial charge in [0.1, 0.15) is 0 Å². The number of aliphatic hydroxyl groups is 1. The van der Waals surface area contributed by atoms with Crippen LogP contribution in [0.25, 0.3) is 10.9 Å². The molecule has 0 bridgehead atoms. The zero-order valence-electron chi connectivity index (χ0n) is 18.5. The van der Waals surface area contributed by atoms with Crippen LogP contribution in [0.3, 0.4) is 0 Å². The number of nitrogens with one attached hydrogen (secondary N) is 1. The minimum Gasteiger partial charge on any atom is -0.493 e. The van der Waals surface area contributed by atoms with Crippen LogP contribution in [0.4, 0.5) is 23.2 Å². The molecule has 0 saturated carbocycles. The first-order valence-corrected chi connectivity index (χ1v) is 10.2. The number of H-pyrrole nitrogens is 1. The molecule has 2 N–H and O–H groups in total. The smallest absolute Gasteiger partial charge is 0.422 e. The number of aryl methyl sites for hydroxylation is 1. The Morgan fingerprint density at radius 1 is 1.12 bits per heavy atom. The van der Waals surface area contributed by atoms with E-state index in [0.29, 0.717) is 17.1 Å². The molecule has 0 aliphatic carbocycles. The van der Waals surface area contributed by atoms with E-state index in [2.05, 4.69) is 9.98 Å². The van der Waals surface area contributed by atoms with Crippen molar-refractivity contribution in [3.05, 3.63) is 69.8 Å². The van der Waals surface area contributed by atoms with Gasteiger partial charge >= 0.3 is 6.18 Å². The maximum atomic E-state index is 14.5. The normalized spacial score (nSPS) is 16.0. The number of halogens is 4. The summed E-state index contributed by atoms with van der Waals surface area (Å²) in [5, 5.41) is 11.3. The van der Waals surface area contributed by atoms with Gasteiger partial charge in [-0.1, -0.05) is 32.0 Å². The minimum absolute atomic E-state index is 0.144. The van der Waals surface area contributed by atoms with Crippen LogP contribution in [-0.2, 0) is 0 Å². The molecule has 0 saturated heterocycles. The largest absolute Gasteiger partial charge is 0.493 e. The second-order valence-electron chi connectivity index (χ2n) is 8.04. The molecule has 2 aromatic carbocycles. The highest BCUT2D eigenvalue weighted by atomic mass is 19.4. The van der Waals surface area contributed by atoms with E-state index in [1.54, 1.807) is 6.07 Å². The van der Waals surface area contributed by atoms with E-state index in [1.807, 2.05) is 0 Å². The molecule has 3 unspecified atom stereocenters. The number of ether oxygens (including phenoxy) is 1. The van der Waals surface area contributed by atoms with Gasteiger partial charge in [0.15, 0.2) is 17.2 Å². The lowest BCUT2D eigenvalue weighted by Crippen LogP contribution is -2.53. The molecule has 0 radical (unpaired) electrons. The number of benzene rings is 2. The number of alkyl halides is 3. The molecule has 9 heteroatoms. The Morgan fingerprint density at radius 2 is 1.82 bits per heavy atom. The molecular formula is C24H24F4N2O3. The van der Waals surface area contributed by atoms with Gasteiger partial charge in [0.05, 0.1) is 18.3 Å². The van der Waals surface area contributed by atoms with Crippen molar-refractivity contribution in [2.45, 2.75) is 38.5 Å². The average molecular weight is 464 g/mol. The highest BCUT2D eigenvalue weighted by Gasteiger charge is 2.57. The van der Waals surface area contributed by atoms with Gasteiger partial charge in [-0.2, -0.15) is 13.2 Å². The summed E-state index contributed by atoms with van der Waals surface area (Å²) in [6.45, 7) is 4.21. The number of fused-ring (bicyclic) bond motifs is 1. The third-order valence-corrected chi connectivity index (χ3v) is 6.06. The van der Waals surface area contributed by atoms with Gasteiger partial charge in [-0.25, -0.2) is 4.39 Å². The zero-order valence-corrected chi connectivity index (χ0v) is 18.5. The van der Waals surface area contributed by atoms with E-state index in [9.17, 15) is 27.5 Å². The van der Waals surface area contributed by atoms with E-state index in [0.717, 1.165) is 0 Å². The van der Waals surface area contributed by atoms with Gasteiger partial charge in [-0.3, -0.25) is 9.79 Å². The predicted molar refractivity (Wildman–Crippen MR) is 119 cm³/mol. The van der Waals surface area contributed by atoms with Crippen LogP contribution in [0.15, 0.2) is 52.3 Å². The van der Waals surface area contributed by atoms with Crippen LogP contribution in [0.5, 0.6) is 5.75 Å². The Balaban J connectivity index is 2.07. The summed E-state index contributed by atoms with van der Waals surface area (Å²) in [6.07, 6.45) is -4.61. The number of aromatic amines is 1. The van der Waals surface area contributed by atoms with Crippen LogP contribution in [0.1, 0.15) is 30.9 Å². The summed E-state index contributed by atoms with van der Waals surface area (Å²) in [4.78, 5) is 18.1. The number of nitrogens with zero attached hydrogens (tertiary/aromatic N) is 1. The third kappa shape index (κ3) is 4.50. The summed E-state index contributed by atoms with van der Waals surface area (Å²) >= 11 is 0. The maximum absolute atomic E-state index is 14.5. The van der Waals surface area contributed by atoms with E-state index < -0.39 is 29.4 Å². The monoisotopic (exact) mass is 464 g/mol. The summed E-state index contributed by atoms with van der Waals surface area (Å²) in [5.74, 6) is -3.22. The highest BCUT2D eigenvalue weighted by Crippen LogP contribution is 2.44. The first kappa shape index (κ1) is 24.4. The van der Waals surface area contributed by atoms with Gasteiger partial charge in [0.25, 0.3) is 0 Å². The van der Waals surface area contributed by atoms with E-state index in [1.165, 1.54) is 64.3 Å². The summed E-state index contributed by atoms with van der Waals surface area (Å²) < 4.78 is 62.0. The van der Waals surface area contributed by atoms with Gasteiger partial charge in [-0.05, 0) is 36.6 Å². The van der Waals surface area contributed by atoms with Gasteiger partial charge in [0.2, 0.25) is 5.56 Å². The van der Waals surface area contributed by atoms with Crippen LogP contribution >= 0.6 is 0 Å². The molecular weight excluding hydrogens is 440 g/mol. The van der Waals surface area contributed by atoms with Crippen molar-refractivity contribution < 1.29 is 27.4 Å². The quantitative estimate of drug-likeness (QED) is 0.378. The number of hydrogen-bond donors (Lipinski definition) is 2. The van der Waals surface area contributed by atoms with E-state index in [4.69, 9.17) is 4.74 Å². The first-order valence-electron chi connectivity index (χ1n) is 10.2. The Labute approximate surface area is 187 Å². The first-order chi connectivity index (χ1) is 15.4. The van der Waals surface area contributed by atoms with Crippen molar-refractivity contribution in [3.8, 4) is 5.75 Å². The number of aliphatic imine (C=N–C) groups is 1. The number of pyridine rings is 1. The Morgan fingerprint density at radius 3 is 2.45 bits per heavy atom. The van der Waals surface area contributed by atoms with Crippen molar-refractivity contribution in [1.29, 1.82) is 0 Å². The molecule has 3 atom stereocenters. The number of methoxy groups -OCH3 is 1.